The molecule has 0 spiro atoms. The van der Waals surface area contributed by atoms with E-state index in [0.29, 0.717) is 23.6 Å². The first-order chi connectivity index (χ1) is 13.2. The summed E-state index contributed by atoms with van der Waals surface area (Å²) >= 11 is 0. The van der Waals surface area contributed by atoms with Gasteiger partial charge in [0.05, 0.1) is 17.9 Å². The zero-order chi connectivity index (χ0) is 19.1. The van der Waals surface area contributed by atoms with E-state index in [1.807, 2.05) is 6.92 Å². The molecule has 1 fully saturated rings. The number of carbonyl (C=O) groups is 2. The van der Waals surface area contributed by atoms with Crippen molar-refractivity contribution >= 4 is 17.5 Å². The van der Waals surface area contributed by atoms with Crippen molar-refractivity contribution in [1.29, 1.82) is 0 Å². The van der Waals surface area contributed by atoms with Crippen LogP contribution < -0.4 is 20.1 Å². The fraction of sp³-hybridized carbons (Fsp3) is 0.333. The minimum Gasteiger partial charge on any atom is -0.494 e. The van der Waals surface area contributed by atoms with Crippen molar-refractivity contribution in [3.63, 3.8) is 0 Å². The van der Waals surface area contributed by atoms with Gasteiger partial charge in [0, 0.05) is 6.04 Å². The van der Waals surface area contributed by atoms with Gasteiger partial charge in [-0.25, -0.2) is 0 Å². The smallest absolute Gasteiger partial charge is 0.262 e. The Balaban J connectivity index is 1.52. The number of hydrogen-bond donors (Lipinski definition) is 2. The molecule has 6 heteroatoms. The molecule has 2 amide bonds. The van der Waals surface area contributed by atoms with Crippen LogP contribution in [0.15, 0.2) is 48.5 Å². The highest BCUT2D eigenvalue weighted by molar-refractivity contribution is 6.04. The molecular weight excluding hydrogens is 344 g/mol. The highest BCUT2D eigenvalue weighted by atomic mass is 16.5. The van der Waals surface area contributed by atoms with Crippen LogP contribution in [-0.2, 0) is 4.79 Å². The molecule has 142 valence electrons. The lowest BCUT2D eigenvalue weighted by molar-refractivity contribution is -0.118. The molecule has 2 N–H and O–H groups in total. The predicted molar refractivity (Wildman–Crippen MR) is 103 cm³/mol. The Morgan fingerprint density at radius 3 is 2.33 bits per heavy atom. The maximum Gasteiger partial charge on any atom is 0.262 e. The van der Waals surface area contributed by atoms with Crippen LogP contribution in [0.25, 0.3) is 0 Å². The first kappa shape index (κ1) is 18.8. The molecule has 1 saturated carbocycles. The fourth-order valence-corrected chi connectivity index (χ4v) is 2.47. The van der Waals surface area contributed by atoms with Gasteiger partial charge in [0.1, 0.15) is 11.5 Å². The molecule has 2 aromatic carbocycles. The maximum atomic E-state index is 12.3. The summed E-state index contributed by atoms with van der Waals surface area (Å²) < 4.78 is 11.0. The van der Waals surface area contributed by atoms with E-state index in [0.717, 1.165) is 25.0 Å². The summed E-state index contributed by atoms with van der Waals surface area (Å²) in [6.45, 7) is 2.56. The molecule has 2 aromatic rings. The molecule has 1 aliphatic carbocycles. The Labute approximate surface area is 158 Å². The molecule has 0 radical (unpaired) electrons. The highest BCUT2D eigenvalue weighted by Gasteiger charge is 2.25. The topological polar surface area (TPSA) is 76.7 Å². The lowest BCUT2D eigenvalue weighted by atomic mass is 10.1. The van der Waals surface area contributed by atoms with Crippen molar-refractivity contribution < 1.29 is 19.1 Å². The molecule has 3 rings (SSSR count). The van der Waals surface area contributed by atoms with Gasteiger partial charge >= 0.3 is 0 Å². The van der Waals surface area contributed by atoms with Gasteiger partial charge in [0.25, 0.3) is 11.8 Å². The van der Waals surface area contributed by atoms with Crippen molar-refractivity contribution in [2.45, 2.75) is 32.2 Å². The normalized spacial score (nSPS) is 12.9. The van der Waals surface area contributed by atoms with Gasteiger partial charge in [-0.3, -0.25) is 9.59 Å². The number of benzene rings is 2. The van der Waals surface area contributed by atoms with Crippen LogP contribution in [0.1, 0.15) is 36.5 Å². The Morgan fingerprint density at radius 2 is 1.67 bits per heavy atom. The van der Waals surface area contributed by atoms with Crippen LogP contribution in [0, 0.1) is 0 Å². The minimum atomic E-state index is -0.326. The molecule has 1 aliphatic rings. The summed E-state index contributed by atoms with van der Waals surface area (Å²) in [6, 6.07) is 14.3. The highest BCUT2D eigenvalue weighted by Crippen LogP contribution is 2.22. The van der Waals surface area contributed by atoms with Crippen molar-refractivity contribution in [3.05, 3.63) is 54.1 Å². The average Bonchev–Trinajstić information content (AvgIpc) is 3.50. The lowest BCUT2D eigenvalue weighted by Crippen LogP contribution is -2.27. The van der Waals surface area contributed by atoms with E-state index in [9.17, 15) is 9.59 Å². The summed E-state index contributed by atoms with van der Waals surface area (Å²) in [4.78, 5) is 24.5. The zero-order valence-corrected chi connectivity index (χ0v) is 15.4. The van der Waals surface area contributed by atoms with E-state index < -0.39 is 0 Å². The summed E-state index contributed by atoms with van der Waals surface area (Å²) in [7, 11) is 0. The second-order valence-electron chi connectivity index (χ2n) is 6.45. The lowest BCUT2D eigenvalue weighted by Gasteiger charge is -2.12. The first-order valence-corrected chi connectivity index (χ1v) is 9.21. The van der Waals surface area contributed by atoms with E-state index in [1.54, 1.807) is 48.5 Å². The van der Waals surface area contributed by atoms with Gasteiger partial charge < -0.3 is 20.1 Å². The third-order valence-electron chi connectivity index (χ3n) is 4.02. The van der Waals surface area contributed by atoms with Crippen molar-refractivity contribution in [2.75, 3.05) is 18.5 Å². The van der Waals surface area contributed by atoms with Gasteiger partial charge in [0.15, 0.2) is 6.61 Å². The molecule has 0 saturated heterocycles. The SMILES string of the molecule is CCCOc1ccc(OCC(=O)Nc2ccccc2C(=O)NC2CC2)cc1. The quantitative estimate of drug-likeness (QED) is 0.711. The summed E-state index contributed by atoms with van der Waals surface area (Å²) in [5.41, 5.74) is 0.933. The number of anilines is 1. The van der Waals surface area contributed by atoms with E-state index in [4.69, 9.17) is 9.47 Å². The van der Waals surface area contributed by atoms with Crippen LogP contribution in [0.2, 0.25) is 0 Å². The third kappa shape index (κ3) is 5.74. The monoisotopic (exact) mass is 368 g/mol. The third-order valence-corrected chi connectivity index (χ3v) is 4.02. The van der Waals surface area contributed by atoms with Crippen LogP contribution >= 0.6 is 0 Å². The number of carbonyl (C=O) groups excluding carboxylic acids is 2. The van der Waals surface area contributed by atoms with E-state index in [1.165, 1.54) is 0 Å². The Bertz CT molecular complexity index is 785. The van der Waals surface area contributed by atoms with Gasteiger partial charge in [-0.15, -0.1) is 0 Å². The Hall–Kier alpha value is -3.02. The van der Waals surface area contributed by atoms with Crippen LogP contribution in [-0.4, -0.2) is 31.1 Å². The molecule has 0 heterocycles. The molecule has 0 unspecified atom stereocenters. The van der Waals surface area contributed by atoms with E-state index in [-0.39, 0.29) is 24.5 Å². The number of ether oxygens (including phenoxy) is 2. The van der Waals surface area contributed by atoms with Crippen LogP contribution in [0.5, 0.6) is 11.5 Å². The zero-order valence-electron chi connectivity index (χ0n) is 15.4. The summed E-state index contributed by atoms with van der Waals surface area (Å²) in [5.74, 6) is 0.850. The van der Waals surface area contributed by atoms with Gasteiger partial charge in [-0.2, -0.15) is 0 Å². The van der Waals surface area contributed by atoms with Crippen LogP contribution in [0.4, 0.5) is 5.69 Å². The largest absolute Gasteiger partial charge is 0.494 e. The van der Waals surface area contributed by atoms with Crippen molar-refractivity contribution in [3.8, 4) is 11.5 Å². The van der Waals surface area contributed by atoms with E-state index >= 15 is 0 Å². The number of para-hydroxylation sites is 1. The molecule has 6 nitrogen and oxygen atoms in total. The van der Waals surface area contributed by atoms with Crippen molar-refractivity contribution in [2.24, 2.45) is 0 Å². The number of rotatable bonds is 9. The molecule has 0 aliphatic heterocycles. The van der Waals surface area contributed by atoms with Gasteiger partial charge in [-0.1, -0.05) is 19.1 Å². The second kappa shape index (κ2) is 9.07. The molecule has 0 bridgehead atoms. The number of hydrogen-bond acceptors (Lipinski definition) is 4. The average molecular weight is 368 g/mol. The molecule has 27 heavy (non-hydrogen) atoms. The molecule has 0 aromatic heterocycles. The maximum absolute atomic E-state index is 12.3. The standard InChI is InChI=1S/C21H24N2O4/c1-2-13-26-16-9-11-17(12-10-16)27-14-20(24)23-19-6-4-3-5-18(19)21(25)22-15-7-8-15/h3-6,9-12,15H,2,7-8,13-14H2,1H3,(H,22,25)(H,23,24). The molecular formula is C21H24N2O4. The fourth-order valence-electron chi connectivity index (χ4n) is 2.47. The Morgan fingerprint density at radius 1 is 1.00 bits per heavy atom. The predicted octanol–water partition coefficient (Wildman–Crippen LogP) is 3.39. The summed E-state index contributed by atoms with van der Waals surface area (Å²) in [5, 5.41) is 5.67. The van der Waals surface area contributed by atoms with E-state index in [2.05, 4.69) is 10.6 Å². The van der Waals surface area contributed by atoms with Crippen LogP contribution in [0.3, 0.4) is 0 Å². The van der Waals surface area contributed by atoms with Gasteiger partial charge in [-0.05, 0) is 55.7 Å². The minimum absolute atomic E-state index is 0.145. The molecule has 0 atom stereocenters. The first-order valence-electron chi connectivity index (χ1n) is 9.21. The van der Waals surface area contributed by atoms with Crippen molar-refractivity contribution in [1.82, 2.24) is 5.32 Å². The second-order valence-corrected chi connectivity index (χ2v) is 6.45. The summed E-state index contributed by atoms with van der Waals surface area (Å²) in [6.07, 6.45) is 2.96. The number of nitrogens with one attached hydrogen (secondary N) is 2. The van der Waals surface area contributed by atoms with Gasteiger partial charge in [0.2, 0.25) is 0 Å². The number of amides is 2. The Kier molecular flexibility index (Phi) is 6.30.